The van der Waals surface area contributed by atoms with Crippen molar-refractivity contribution in [2.45, 2.75) is 89.1 Å². The van der Waals surface area contributed by atoms with E-state index in [4.69, 9.17) is 4.74 Å². The summed E-state index contributed by atoms with van der Waals surface area (Å²) in [5.41, 5.74) is 1.07. The Hall–Kier alpha value is -2.93. The normalized spacial score (nSPS) is 19.8. The molecule has 0 radical (unpaired) electrons. The van der Waals surface area contributed by atoms with E-state index in [1.165, 1.54) is 19.3 Å². The lowest BCUT2D eigenvalue weighted by atomic mass is 9.84. The molecule has 2 N–H and O–H groups in total. The number of likely N-dealkylation sites (tertiary alicyclic amines) is 1. The highest BCUT2D eigenvalue weighted by Crippen LogP contribution is 2.28. The molecular formula is C33H48N2O5. The lowest BCUT2D eigenvalue weighted by Gasteiger charge is -2.29. The van der Waals surface area contributed by atoms with Gasteiger partial charge in [0.15, 0.2) is 0 Å². The van der Waals surface area contributed by atoms with Crippen LogP contribution in [0.4, 0.5) is 0 Å². The molecule has 1 saturated carbocycles. The van der Waals surface area contributed by atoms with Crippen LogP contribution < -0.4 is 5.32 Å². The van der Waals surface area contributed by atoms with E-state index >= 15 is 0 Å². The summed E-state index contributed by atoms with van der Waals surface area (Å²) in [5, 5.41) is 12.8. The van der Waals surface area contributed by atoms with E-state index in [9.17, 15) is 19.5 Å². The van der Waals surface area contributed by atoms with Crippen LogP contribution in [0.2, 0.25) is 0 Å². The molecule has 7 heteroatoms. The minimum Gasteiger partial charge on any atom is -0.463 e. The summed E-state index contributed by atoms with van der Waals surface area (Å²) in [6.45, 7) is 8.28. The van der Waals surface area contributed by atoms with E-state index in [1.54, 1.807) is 17.1 Å². The molecule has 40 heavy (non-hydrogen) atoms. The van der Waals surface area contributed by atoms with Crippen LogP contribution in [0, 0.1) is 17.8 Å². The van der Waals surface area contributed by atoms with Gasteiger partial charge in [0.05, 0.1) is 30.5 Å². The minimum atomic E-state index is -0.555. The SMILES string of the molecule is C=CCC(CC(=O)N1CCCC1CO)C(=O)NC(COC(=O)C(CC=C)Cc1ccccc1)CC1CCCCC1. The number of nitrogens with zero attached hydrogens (tertiary/aromatic N) is 1. The molecule has 3 rings (SSSR count). The lowest BCUT2D eigenvalue weighted by Crippen LogP contribution is -2.45. The topological polar surface area (TPSA) is 95.9 Å². The lowest BCUT2D eigenvalue weighted by molar-refractivity contribution is -0.150. The Balaban J connectivity index is 1.65. The summed E-state index contributed by atoms with van der Waals surface area (Å²) in [7, 11) is 0. The first-order chi connectivity index (χ1) is 19.4. The summed E-state index contributed by atoms with van der Waals surface area (Å²) >= 11 is 0. The third kappa shape index (κ3) is 9.92. The maximum absolute atomic E-state index is 13.5. The zero-order valence-electron chi connectivity index (χ0n) is 24.0. The van der Waals surface area contributed by atoms with Crippen LogP contribution in [0.15, 0.2) is 55.6 Å². The molecule has 0 aromatic heterocycles. The number of rotatable bonds is 16. The molecule has 0 spiro atoms. The number of aliphatic hydroxyl groups is 1. The number of allylic oxidation sites excluding steroid dienone is 2. The fraction of sp³-hybridized carbons (Fsp3) is 0.606. The van der Waals surface area contributed by atoms with Crippen LogP contribution in [0.5, 0.6) is 0 Å². The van der Waals surface area contributed by atoms with Crippen molar-refractivity contribution in [2.24, 2.45) is 17.8 Å². The van der Waals surface area contributed by atoms with Crippen molar-refractivity contribution in [1.82, 2.24) is 10.2 Å². The Morgan fingerprint density at radius 3 is 2.38 bits per heavy atom. The van der Waals surface area contributed by atoms with Gasteiger partial charge in [-0.05, 0) is 50.0 Å². The molecule has 1 aromatic rings. The van der Waals surface area contributed by atoms with Crippen LogP contribution in [-0.4, -0.2) is 59.6 Å². The molecular weight excluding hydrogens is 504 g/mol. The average molecular weight is 553 g/mol. The van der Waals surface area contributed by atoms with E-state index in [0.717, 1.165) is 37.7 Å². The third-order valence-corrected chi connectivity index (χ3v) is 8.38. The number of carbonyl (C=O) groups excluding carboxylic acids is 3. The van der Waals surface area contributed by atoms with Crippen molar-refractivity contribution in [3.05, 3.63) is 61.2 Å². The van der Waals surface area contributed by atoms with Crippen molar-refractivity contribution in [3.63, 3.8) is 0 Å². The van der Waals surface area contributed by atoms with Crippen LogP contribution in [0.25, 0.3) is 0 Å². The first kappa shape index (κ1) is 31.6. The molecule has 1 aliphatic carbocycles. The number of hydrogen-bond donors (Lipinski definition) is 2. The molecule has 1 saturated heterocycles. The van der Waals surface area contributed by atoms with Crippen molar-refractivity contribution in [2.75, 3.05) is 19.8 Å². The highest BCUT2D eigenvalue weighted by molar-refractivity contribution is 5.86. The number of nitrogens with one attached hydrogen (secondary N) is 1. The quantitative estimate of drug-likeness (QED) is 0.223. The van der Waals surface area contributed by atoms with Crippen LogP contribution >= 0.6 is 0 Å². The van der Waals surface area contributed by atoms with Gasteiger partial charge in [0.25, 0.3) is 0 Å². The molecule has 7 nitrogen and oxygen atoms in total. The van der Waals surface area contributed by atoms with Gasteiger partial charge in [-0.25, -0.2) is 0 Å². The number of ether oxygens (including phenoxy) is 1. The number of hydrogen-bond acceptors (Lipinski definition) is 5. The van der Waals surface area contributed by atoms with Gasteiger partial charge in [0.1, 0.15) is 6.61 Å². The zero-order valence-corrected chi connectivity index (χ0v) is 24.0. The predicted molar refractivity (Wildman–Crippen MR) is 157 cm³/mol. The fourth-order valence-electron chi connectivity index (χ4n) is 6.14. The Morgan fingerprint density at radius 2 is 1.70 bits per heavy atom. The van der Waals surface area contributed by atoms with Gasteiger partial charge in [0.2, 0.25) is 11.8 Å². The number of esters is 1. The second-order valence-electron chi connectivity index (χ2n) is 11.5. The predicted octanol–water partition coefficient (Wildman–Crippen LogP) is 4.99. The smallest absolute Gasteiger partial charge is 0.309 e. The number of amides is 2. The standard InChI is InChI=1S/C33H48N2O5/c1-3-12-27(22-31(37)35-19-11-18-30(35)23-36)32(38)34-29(21-26-16-9-6-10-17-26)24-40-33(39)28(13-4-2)20-25-14-7-5-8-15-25/h3-5,7-8,14-15,26-30,36H,1-2,6,9-13,16-24H2,(H,34,38). The summed E-state index contributed by atoms with van der Waals surface area (Å²) < 4.78 is 5.84. The summed E-state index contributed by atoms with van der Waals surface area (Å²) in [5.74, 6) is -1.02. The van der Waals surface area contributed by atoms with Crippen molar-refractivity contribution in [1.29, 1.82) is 0 Å². The molecule has 1 heterocycles. The van der Waals surface area contributed by atoms with E-state index in [-0.39, 0.29) is 55.4 Å². The van der Waals surface area contributed by atoms with E-state index in [0.29, 0.717) is 31.7 Å². The highest BCUT2D eigenvalue weighted by atomic mass is 16.5. The summed E-state index contributed by atoms with van der Waals surface area (Å²) in [6, 6.07) is 9.38. The van der Waals surface area contributed by atoms with Gasteiger partial charge in [0, 0.05) is 13.0 Å². The maximum Gasteiger partial charge on any atom is 0.309 e. The molecule has 2 aliphatic rings. The van der Waals surface area contributed by atoms with Crippen LogP contribution in [0.1, 0.15) is 76.2 Å². The first-order valence-corrected chi connectivity index (χ1v) is 15.1. The van der Waals surface area contributed by atoms with E-state index in [2.05, 4.69) is 18.5 Å². The van der Waals surface area contributed by atoms with Crippen LogP contribution in [-0.2, 0) is 25.5 Å². The molecule has 4 atom stereocenters. The average Bonchev–Trinajstić information content (AvgIpc) is 3.45. The summed E-state index contributed by atoms with van der Waals surface area (Å²) in [4.78, 5) is 41.4. The van der Waals surface area contributed by atoms with Gasteiger partial charge in [-0.15, -0.1) is 13.2 Å². The van der Waals surface area contributed by atoms with Gasteiger partial charge in [-0.1, -0.05) is 74.6 Å². The highest BCUT2D eigenvalue weighted by Gasteiger charge is 2.32. The Bertz CT molecular complexity index is 959. The molecule has 2 amide bonds. The first-order valence-electron chi connectivity index (χ1n) is 15.1. The molecule has 4 unspecified atom stereocenters. The minimum absolute atomic E-state index is 0.0595. The van der Waals surface area contributed by atoms with Gasteiger partial charge in [-0.3, -0.25) is 14.4 Å². The number of carbonyl (C=O) groups is 3. The van der Waals surface area contributed by atoms with E-state index in [1.807, 2.05) is 30.3 Å². The third-order valence-electron chi connectivity index (χ3n) is 8.38. The van der Waals surface area contributed by atoms with E-state index < -0.39 is 5.92 Å². The Kier molecular flexibility index (Phi) is 13.4. The molecule has 2 fully saturated rings. The largest absolute Gasteiger partial charge is 0.463 e. The molecule has 1 aromatic carbocycles. The Morgan fingerprint density at radius 1 is 1.00 bits per heavy atom. The molecule has 1 aliphatic heterocycles. The number of aliphatic hydroxyl groups excluding tert-OH is 1. The van der Waals surface area contributed by atoms with Crippen LogP contribution in [0.3, 0.4) is 0 Å². The van der Waals surface area contributed by atoms with Crippen molar-refractivity contribution in [3.8, 4) is 0 Å². The maximum atomic E-state index is 13.5. The van der Waals surface area contributed by atoms with Gasteiger partial charge in [-0.2, -0.15) is 0 Å². The molecule has 220 valence electrons. The zero-order chi connectivity index (χ0) is 28.7. The monoisotopic (exact) mass is 552 g/mol. The van der Waals surface area contributed by atoms with Gasteiger partial charge >= 0.3 is 5.97 Å². The summed E-state index contributed by atoms with van der Waals surface area (Å²) in [6.07, 6.45) is 13.2. The van der Waals surface area contributed by atoms with Gasteiger partial charge < -0.3 is 20.1 Å². The Labute approximate surface area is 240 Å². The van der Waals surface area contributed by atoms with Crippen molar-refractivity contribution < 1.29 is 24.2 Å². The second kappa shape index (κ2) is 17.0. The molecule has 0 bridgehead atoms. The second-order valence-corrected chi connectivity index (χ2v) is 11.5. The fourth-order valence-corrected chi connectivity index (χ4v) is 6.14. The number of benzene rings is 1. The van der Waals surface area contributed by atoms with Crippen molar-refractivity contribution >= 4 is 17.8 Å².